The molecule has 3 nitrogen and oxygen atoms in total. The van der Waals surface area contributed by atoms with E-state index in [0.29, 0.717) is 0 Å². The van der Waals surface area contributed by atoms with E-state index in [1.165, 1.54) is 0 Å². The van der Waals surface area contributed by atoms with Crippen molar-refractivity contribution >= 4 is 49.9 Å². The quantitative estimate of drug-likeness (QED) is 0.739. The van der Waals surface area contributed by atoms with E-state index < -0.39 is 0 Å². The Bertz CT molecular complexity index is 391. The van der Waals surface area contributed by atoms with Gasteiger partial charge in [-0.15, -0.1) is 44.2 Å². The van der Waals surface area contributed by atoms with Crippen LogP contribution >= 0.6 is 49.9 Å². The van der Waals surface area contributed by atoms with Crippen molar-refractivity contribution in [3.05, 3.63) is 41.1 Å². The van der Waals surface area contributed by atoms with Crippen LogP contribution in [0, 0.1) is 0 Å². The number of pyridine rings is 1. The van der Waals surface area contributed by atoms with E-state index >= 15 is 0 Å². The lowest BCUT2D eigenvalue weighted by atomic mass is 10.2. The summed E-state index contributed by atoms with van der Waals surface area (Å²) in [6.07, 6.45) is 1.74. The third-order valence-corrected chi connectivity index (χ3v) is 1.98. The van der Waals surface area contributed by atoms with Crippen molar-refractivity contribution in [1.82, 2.24) is 15.2 Å². The lowest BCUT2D eigenvalue weighted by molar-refractivity contribution is 1.00. The van der Waals surface area contributed by atoms with E-state index in [1.54, 1.807) is 6.20 Å². The molecular weight excluding hydrogens is 390 g/mol. The lowest BCUT2D eigenvalue weighted by Crippen LogP contribution is -1.88. The van der Waals surface area contributed by atoms with Gasteiger partial charge in [0.15, 0.2) is 0 Å². The molecule has 80 valence electrons. The van der Waals surface area contributed by atoms with Gasteiger partial charge in [0.05, 0.1) is 5.69 Å². The molecule has 0 radical (unpaired) electrons. The van der Waals surface area contributed by atoms with Crippen molar-refractivity contribution in [3.8, 4) is 11.4 Å². The Balaban J connectivity index is 0.000000980. The van der Waals surface area contributed by atoms with Crippen LogP contribution in [-0.4, -0.2) is 15.2 Å². The fourth-order valence-electron chi connectivity index (χ4n) is 0.967. The molecule has 0 aliphatic carbocycles. The van der Waals surface area contributed by atoms with Crippen LogP contribution in [0.3, 0.4) is 0 Å². The van der Waals surface area contributed by atoms with Crippen LogP contribution in [0.5, 0.6) is 0 Å². The summed E-state index contributed by atoms with van der Waals surface area (Å²) in [6.45, 7) is 0. The highest BCUT2D eigenvalue weighted by Gasteiger charge is 1.99. The standard InChI is InChI=1S/C9H6BrN3.2BrH/c10-9-5-4-8(12-13-9)7-3-1-2-6-11-7;;/h1-6H;2*1H. The molecule has 0 atom stereocenters. The molecule has 0 aromatic carbocycles. The van der Waals surface area contributed by atoms with Gasteiger partial charge in [-0.1, -0.05) is 6.07 Å². The molecule has 0 unspecified atom stereocenters. The second-order valence-corrected chi connectivity index (χ2v) is 3.27. The highest BCUT2D eigenvalue weighted by atomic mass is 79.9. The number of rotatable bonds is 1. The summed E-state index contributed by atoms with van der Waals surface area (Å²) < 4.78 is 0.729. The van der Waals surface area contributed by atoms with Crippen molar-refractivity contribution in [2.75, 3.05) is 0 Å². The maximum Gasteiger partial charge on any atom is 0.128 e. The first kappa shape index (κ1) is 14.7. The minimum atomic E-state index is 0. The maximum atomic E-state index is 4.16. The number of hydrogen-bond donors (Lipinski definition) is 0. The first-order chi connectivity index (χ1) is 6.36. The predicted molar refractivity (Wildman–Crippen MR) is 73.6 cm³/mol. The smallest absolute Gasteiger partial charge is 0.128 e. The molecule has 0 N–H and O–H groups in total. The SMILES string of the molecule is Br.Br.Brc1ccc(-c2ccccn2)nn1. The third kappa shape index (κ3) is 3.96. The van der Waals surface area contributed by atoms with E-state index in [9.17, 15) is 0 Å². The van der Waals surface area contributed by atoms with Gasteiger partial charge < -0.3 is 0 Å². The fraction of sp³-hybridized carbons (Fsp3) is 0. The Labute approximate surface area is 117 Å². The minimum Gasteiger partial charge on any atom is -0.255 e. The summed E-state index contributed by atoms with van der Waals surface area (Å²) in [7, 11) is 0. The zero-order valence-corrected chi connectivity index (χ0v) is 12.5. The summed E-state index contributed by atoms with van der Waals surface area (Å²) >= 11 is 3.22. The average molecular weight is 398 g/mol. The number of nitrogens with zero attached hydrogens (tertiary/aromatic N) is 3. The molecule has 2 heterocycles. The van der Waals surface area contributed by atoms with Crippen molar-refractivity contribution in [3.63, 3.8) is 0 Å². The van der Waals surface area contributed by atoms with Crippen molar-refractivity contribution in [2.45, 2.75) is 0 Å². The Kier molecular flexibility index (Phi) is 6.87. The van der Waals surface area contributed by atoms with Crippen molar-refractivity contribution in [1.29, 1.82) is 0 Å². The molecule has 0 spiro atoms. The molecule has 0 aliphatic heterocycles. The Morgan fingerprint density at radius 1 is 0.867 bits per heavy atom. The molecule has 0 saturated carbocycles. The zero-order chi connectivity index (χ0) is 9.10. The molecule has 0 aliphatic rings. The molecule has 0 saturated heterocycles. The van der Waals surface area contributed by atoms with Gasteiger partial charge in [-0.2, -0.15) is 0 Å². The van der Waals surface area contributed by atoms with Crippen LogP contribution in [0.25, 0.3) is 11.4 Å². The van der Waals surface area contributed by atoms with E-state index in [0.717, 1.165) is 16.0 Å². The van der Waals surface area contributed by atoms with E-state index in [2.05, 4.69) is 31.1 Å². The van der Waals surface area contributed by atoms with E-state index in [1.807, 2.05) is 30.3 Å². The molecule has 2 rings (SSSR count). The highest BCUT2D eigenvalue weighted by Crippen LogP contribution is 2.13. The van der Waals surface area contributed by atoms with Gasteiger partial charge in [0.25, 0.3) is 0 Å². The normalized spacial score (nSPS) is 8.60. The summed E-state index contributed by atoms with van der Waals surface area (Å²) in [5, 5.41) is 7.87. The van der Waals surface area contributed by atoms with Gasteiger partial charge in [-0.05, 0) is 40.2 Å². The van der Waals surface area contributed by atoms with Crippen LogP contribution in [0.4, 0.5) is 0 Å². The highest BCUT2D eigenvalue weighted by molar-refractivity contribution is 9.10. The first-order valence-electron chi connectivity index (χ1n) is 3.77. The van der Waals surface area contributed by atoms with Crippen LogP contribution in [0.1, 0.15) is 0 Å². The number of halogens is 3. The molecule has 0 amide bonds. The number of aromatic nitrogens is 3. The monoisotopic (exact) mass is 395 g/mol. The Hall–Kier alpha value is -0.330. The van der Waals surface area contributed by atoms with Crippen LogP contribution < -0.4 is 0 Å². The van der Waals surface area contributed by atoms with Crippen LogP contribution in [0.2, 0.25) is 0 Å². The van der Waals surface area contributed by atoms with Crippen LogP contribution in [-0.2, 0) is 0 Å². The summed E-state index contributed by atoms with van der Waals surface area (Å²) in [6, 6.07) is 9.41. The van der Waals surface area contributed by atoms with Gasteiger partial charge in [0, 0.05) is 6.20 Å². The van der Waals surface area contributed by atoms with Gasteiger partial charge in [-0.25, -0.2) is 0 Å². The summed E-state index contributed by atoms with van der Waals surface area (Å²) in [4.78, 5) is 4.16. The maximum absolute atomic E-state index is 4.16. The first-order valence-corrected chi connectivity index (χ1v) is 4.56. The summed E-state index contributed by atoms with van der Waals surface area (Å²) in [5.74, 6) is 0. The molecule has 2 aromatic rings. The fourth-order valence-corrected chi connectivity index (χ4v) is 1.18. The second-order valence-electron chi connectivity index (χ2n) is 2.46. The average Bonchev–Trinajstić information content (AvgIpc) is 2.20. The minimum absolute atomic E-state index is 0. The van der Waals surface area contributed by atoms with Gasteiger partial charge in [-0.3, -0.25) is 4.98 Å². The van der Waals surface area contributed by atoms with Gasteiger partial charge in [0.1, 0.15) is 10.3 Å². The van der Waals surface area contributed by atoms with Crippen molar-refractivity contribution in [2.24, 2.45) is 0 Å². The molecular formula is C9H8Br3N3. The number of hydrogen-bond acceptors (Lipinski definition) is 3. The molecule has 0 fully saturated rings. The van der Waals surface area contributed by atoms with E-state index in [4.69, 9.17) is 0 Å². The zero-order valence-electron chi connectivity index (χ0n) is 7.50. The predicted octanol–water partition coefficient (Wildman–Crippen LogP) is 3.46. The third-order valence-electron chi connectivity index (χ3n) is 1.56. The van der Waals surface area contributed by atoms with E-state index in [-0.39, 0.29) is 34.0 Å². The van der Waals surface area contributed by atoms with Gasteiger partial charge >= 0.3 is 0 Å². The molecule has 2 aromatic heterocycles. The van der Waals surface area contributed by atoms with Gasteiger partial charge in [0.2, 0.25) is 0 Å². The summed E-state index contributed by atoms with van der Waals surface area (Å²) in [5.41, 5.74) is 1.62. The lowest BCUT2D eigenvalue weighted by Gasteiger charge is -1.96. The second kappa shape index (κ2) is 7.03. The topological polar surface area (TPSA) is 38.7 Å². The Morgan fingerprint density at radius 2 is 1.67 bits per heavy atom. The van der Waals surface area contributed by atoms with Crippen LogP contribution in [0.15, 0.2) is 41.1 Å². The molecule has 15 heavy (non-hydrogen) atoms. The van der Waals surface area contributed by atoms with Crippen molar-refractivity contribution < 1.29 is 0 Å². The molecule has 6 heteroatoms. The Morgan fingerprint density at radius 3 is 2.20 bits per heavy atom. The molecule has 0 bridgehead atoms. The largest absolute Gasteiger partial charge is 0.255 e.